The van der Waals surface area contributed by atoms with Crippen LogP contribution in [0.15, 0.2) is 77.2 Å². The SMILES string of the molecule is O=C(c1ccc(C(F)(F)F)cc1)N1CCCC1c1nc2cc(-c3ccccc3)ccc2o1. The standard InChI is InChI=1S/C25H19F3N2O2/c26-25(27,28)19-11-8-17(9-12-19)24(31)30-14-4-7-21(30)23-29-20-15-18(10-13-22(20)32-23)16-5-2-1-3-6-16/h1-3,5-6,8-13,15,21H,4,7,14H2. The zero-order valence-electron chi connectivity index (χ0n) is 17.0. The third-order valence-corrected chi connectivity index (χ3v) is 5.77. The highest BCUT2D eigenvalue weighted by molar-refractivity contribution is 5.94. The minimum absolute atomic E-state index is 0.215. The van der Waals surface area contributed by atoms with E-state index in [1.165, 1.54) is 12.1 Å². The van der Waals surface area contributed by atoms with E-state index in [2.05, 4.69) is 4.98 Å². The molecule has 0 bridgehead atoms. The molecule has 0 N–H and O–H groups in total. The van der Waals surface area contributed by atoms with E-state index in [1.807, 2.05) is 48.5 Å². The van der Waals surface area contributed by atoms with Crippen molar-refractivity contribution in [1.29, 1.82) is 0 Å². The number of rotatable bonds is 3. The summed E-state index contributed by atoms with van der Waals surface area (Å²) in [6.45, 7) is 0.499. The maximum atomic E-state index is 13.0. The second kappa shape index (κ2) is 7.82. The fourth-order valence-corrected chi connectivity index (χ4v) is 4.13. The summed E-state index contributed by atoms with van der Waals surface area (Å²) in [6, 6.07) is 19.7. The molecular formula is C25H19F3N2O2. The minimum atomic E-state index is -4.44. The van der Waals surface area contributed by atoms with Crippen molar-refractivity contribution in [1.82, 2.24) is 9.88 Å². The Morgan fingerprint density at radius 2 is 1.72 bits per heavy atom. The topological polar surface area (TPSA) is 46.3 Å². The average Bonchev–Trinajstić information content (AvgIpc) is 3.45. The maximum Gasteiger partial charge on any atom is 0.416 e. The zero-order valence-corrected chi connectivity index (χ0v) is 17.0. The highest BCUT2D eigenvalue weighted by Crippen LogP contribution is 2.36. The van der Waals surface area contributed by atoms with Gasteiger partial charge in [-0.25, -0.2) is 4.98 Å². The number of hydrogen-bond donors (Lipinski definition) is 0. The first-order chi connectivity index (χ1) is 15.4. The third-order valence-electron chi connectivity index (χ3n) is 5.77. The molecule has 0 spiro atoms. The Morgan fingerprint density at radius 1 is 0.969 bits per heavy atom. The number of oxazole rings is 1. The van der Waals surface area contributed by atoms with E-state index in [0.29, 0.717) is 30.0 Å². The van der Waals surface area contributed by atoms with Gasteiger partial charge >= 0.3 is 6.18 Å². The van der Waals surface area contributed by atoms with Crippen LogP contribution in [-0.4, -0.2) is 22.3 Å². The van der Waals surface area contributed by atoms with E-state index in [0.717, 1.165) is 29.7 Å². The largest absolute Gasteiger partial charge is 0.438 e. The number of halogens is 3. The lowest BCUT2D eigenvalue weighted by Gasteiger charge is -2.22. The lowest BCUT2D eigenvalue weighted by atomic mass is 10.1. The quantitative estimate of drug-likeness (QED) is 0.369. The molecule has 0 saturated carbocycles. The van der Waals surface area contributed by atoms with Crippen LogP contribution in [0.5, 0.6) is 0 Å². The number of hydrogen-bond acceptors (Lipinski definition) is 3. The average molecular weight is 436 g/mol. The van der Waals surface area contributed by atoms with Crippen molar-refractivity contribution in [3.8, 4) is 11.1 Å². The summed E-state index contributed by atoms with van der Waals surface area (Å²) in [4.78, 5) is 19.3. The molecule has 3 aromatic carbocycles. The summed E-state index contributed by atoms with van der Waals surface area (Å²) < 4.78 is 44.5. The monoisotopic (exact) mass is 436 g/mol. The van der Waals surface area contributed by atoms with Crippen LogP contribution in [0.25, 0.3) is 22.2 Å². The molecule has 1 unspecified atom stereocenters. The first-order valence-corrected chi connectivity index (χ1v) is 10.3. The second-order valence-corrected chi connectivity index (χ2v) is 7.83. The number of benzene rings is 3. The number of nitrogens with zero attached hydrogens (tertiary/aromatic N) is 2. The predicted octanol–water partition coefficient (Wildman–Crippen LogP) is 6.49. The number of aromatic nitrogens is 1. The molecule has 1 atom stereocenters. The summed E-state index contributed by atoms with van der Waals surface area (Å²) in [5, 5.41) is 0. The van der Waals surface area contributed by atoms with Gasteiger partial charge in [-0.3, -0.25) is 4.79 Å². The number of likely N-dealkylation sites (tertiary alicyclic amines) is 1. The Labute approximate surface area is 182 Å². The Hall–Kier alpha value is -3.61. The van der Waals surface area contributed by atoms with Crippen LogP contribution < -0.4 is 0 Å². The molecule has 1 amide bonds. The van der Waals surface area contributed by atoms with Crippen molar-refractivity contribution in [2.75, 3.05) is 6.54 Å². The highest BCUT2D eigenvalue weighted by Gasteiger charge is 2.35. The van der Waals surface area contributed by atoms with Crippen molar-refractivity contribution in [3.05, 3.63) is 89.8 Å². The van der Waals surface area contributed by atoms with Crippen molar-refractivity contribution < 1.29 is 22.4 Å². The van der Waals surface area contributed by atoms with Gasteiger partial charge in [-0.05, 0) is 60.4 Å². The first kappa shape index (κ1) is 20.3. The molecule has 1 aromatic heterocycles. The van der Waals surface area contributed by atoms with Crippen LogP contribution in [0.4, 0.5) is 13.2 Å². The molecule has 2 heterocycles. The molecule has 0 radical (unpaired) electrons. The van der Waals surface area contributed by atoms with Gasteiger partial charge in [0.15, 0.2) is 5.58 Å². The van der Waals surface area contributed by atoms with Crippen molar-refractivity contribution in [2.24, 2.45) is 0 Å². The molecule has 1 aliphatic heterocycles. The fraction of sp³-hybridized carbons (Fsp3) is 0.200. The van der Waals surface area contributed by atoms with Gasteiger partial charge in [-0.2, -0.15) is 13.2 Å². The van der Waals surface area contributed by atoms with Crippen LogP contribution in [0.3, 0.4) is 0 Å². The van der Waals surface area contributed by atoms with Gasteiger partial charge in [0.05, 0.1) is 5.56 Å². The molecule has 4 aromatic rings. The van der Waals surface area contributed by atoms with Gasteiger partial charge in [0.2, 0.25) is 5.89 Å². The molecule has 1 aliphatic rings. The zero-order chi connectivity index (χ0) is 22.3. The predicted molar refractivity (Wildman–Crippen MR) is 114 cm³/mol. The van der Waals surface area contributed by atoms with Gasteiger partial charge in [0.1, 0.15) is 11.6 Å². The Bertz CT molecular complexity index is 1260. The van der Waals surface area contributed by atoms with E-state index in [9.17, 15) is 18.0 Å². The number of alkyl halides is 3. The number of carbonyl (C=O) groups excluding carboxylic acids is 1. The van der Waals surface area contributed by atoms with E-state index < -0.39 is 11.7 Å². The van der Waals surface area contributed by atoms with Crippen LogP contribution in [0.1, 0.15) is 40.7 Å². The molecule has 4 nitrogen and oxygen atoms in total. The van der Waals surface area contributed by atoms with Gasteiger partial charge in [-0.1, -0.05) is 36.4 Å². The van der Waals surface area contributed by atoms with Crippen LogP contribution >= 0.6 is 0 Å². The lowest BCUT2D eigenvalue weighted by Crippen LogP contribution is -2.30. The molecule has 1 saturated heterocycles. The normalized spacial score (nSPS) is 16.6. The van der Waals surface area contributed by atoms with Gasteiger partial charge in [0, 0.05) is 12.1 Å². The molecule has 5 rings (SSSR count). The third kappa shape index (κ3) is 3.75. The molecule has 32 heavy (non-hydrogen) atoms. The summed E-state index contributed by atoms with van der Waals surface area (Å²) >= 11 is 0. The summed E-state index contributed by atoms with van der Waals surface area (Å²) in [5.41, 5.74) is 2.86. The molecule has 1 fully saturated rings. The van der Waals surface area contributed by atoms with Crippen molar-refractivity contribution in [3.63, 3.8) is 0 Å². The van der Waals surface area contributed by atoms with E-state index >= 15 is 0 Å². The van der Waals surface area contributed by atoms with Crippen LogP contribution in [0.2, 0.25) is 0 Å². The Morgan fingerprint density at radius 3 is 2.44 bits per heavy atom. The summed E-state index contributed by atoms with van der Waals surface area (Å²) in [7, 11) is 0. The van der Waals surface area contributed by atoms with Gasteiger partial charge in [-0.15, -0.1) is 0 Å². The Kier molecular flexibility index (Phi) is 4.96. The molecule has 7 heteroatoms. The fourth-order valence-electron chi connectivity index (χ4n) is 4.13. The van der Waals surface area contributed by atoms with E-state index in [4.69, 9.17) is 4.42 Å². The van der Waals surface area contributed by atoms with E-state index in [1.54, 1.807) is 4.90 Å². The van der Waals surface area contributed by atoms with Crippen LogP contribution in [0, 0.1) is 0 Å². The molecule has 162 valence electrons. The number of carbonyl (C=O) groups is 1. The summed E-state index contributed by atoms with van der Waals surface area (Å²) in [6.07, 6.45) is -2.98. The first-order valence-electron chi connectivity index (χ1n) is 10.3. The Balaban J connectivity index is 1.42. The van der Waals surface area contributed by atoms with Crippen molar-refractivity contribution >= 4 is 17.0 Å². The van der Waals surface area contributed by atoms with Gasteiger partial charge < -0.3 is 9.32 Å². The van der Waals surface area contributed by atoms with Crippen LogP contribution in [-0.2, 0) is 6.18 Å². The molecular weight excluding hydrogens is 417 g/mol. The number of amides is 1. The lowest BCUT2D eigenvalue weighted by molar-refractivity contribution is -0.137. The number of fused-ring (bicyclic) bond motifs is 1. The van der Waals surface area contributed by atoms with Gasteiger partial charge in [0.25, 0.3) is 5.91 Å². The molecule has 0 aliphatic carbocycles. The minimum Gasteiger partial charge on any atom is -0.438 e. The summed E-state index contributed by atoms with van der Waals surface area (Å²) in [5.74, 6) is 0.122. The van der Waals surface area contributed by atoms with E-state index in [-0.39, 0.29) is 17.5 Å². The van der Waals surface area contributed by atoms with Crippen molar-refractivity contribution in [2.45, 2.75) is 25.1 Å². The maximum absolute atomic E-state index is 13.0. The second-order valence-electron chi connectivity index (χ2n) is 7.83. The highest BCUT2D eigenvalue weighted by atomic mass is 19.4. The smallest absolute Gasteiger partial charge is 0.416 e.